The normalized spacial score (nSPS) is 30.5. The van der Waals surface area contributed by atoms with Crippen molar-refractivity contribution in [2.75, 3.05) is 20.3 Å². The van der Waals surface area contributed by atoms with E-state index in [4.69, 9.17) is 4.74 Å². The molecule has 1 aliphatic heterocycles. The second-order valence-electron chi connectivity index (χ2n) is 4.04. The zero-order valence-electron chi connectivity index (χ0n) is 9.58. The van der Waals surface area contributed by atoms with Crippen LogP contribution < -0.4 is 10.6 Å². The molecule has 0 spiro atoms. The lowest BCUT2D eigenvalue weighted by Gasteiger charge is -2.35. The molecule has 0 aromatic carbocycles. The number of carbonyl (C=O) groups is 1. The lowest BCUT2D eigenvalue weighted by Crippen LogP contribution is -2.56. The summed E-state index contributed by atoms with van der Waals surface area (Å²) in [6.07, 6.45) is 1.11. The summed E-state index contributed by atoms with van der Waals surface area (Å²) in [5.74, 6) is 0.506. The fraction of sp³-hybridized carbons (Fsp3) is 0.900. The molecule has 0 aliphatic carbocycles. The van der Waals surface area contributed by atoms with Crippen LogP contribution in [0, 0.1) is 5.92 Å². The molecule has 0 radical (unpaired) electrons. The van der Waals surface area contributed by atoms with Crippen molar-refractivity contribution < 1.29 is 9.53 Å². The second-order valence-corrected chi connectivity index (χ2v) is 4.04. The number of halogens is 1. The molecule has 0 aromatic heterocycles. The first kappa shape index (κ1) is 14.7. The Bertz CT molecular complexity index is 192. The Morgan fingerprint density at radius 2 is 2.20 bits per heavy atom. The average Bonchev–Trinajstić information content (AvgIpc) is 2.12. The highest BCUT2D eigenvalue weighted by molar-refractivity contribution is 5.85. The van der Waals surface area contributed by atoms with Crippen molar-refractivity contribution in [2.24, 2.45) is 5.92 Å². The third-order valence-electron chi connectivity index (χ3n) is 2.82. The van der Waals surface area contributed by atoms with Crippen molar-refractivity contribution in [3.63, 3.8) is 0 Å². The van der Waals surface area contributed by atoms with Crippen LogP contribution in [0.1, 0.15) is 20.3 Å². The van der Waals surface area contributed by atoms with Gasteiger partial charge in [-0.3, -0.25) is 4.79 Å². The van der Waals surface area contributed by atoms with Crippen LogP contribution in [0.25, 0.3) is 0 Å². The quantitative estimate of drug-likeness (QED) is 0.753. The van der Waals surface area contributed by atoms with Crippen LogP contribution in [0.2, 0.25) is 0 Å². The first-order valence-corrected chi connectivity index (χ1v) is 5.17. The number of hydrogen-bond donors (Lipinski definition) is 2. The van der Waals surface area contributed by atoms with Gasteiger partial charge in [-0.15, -0.1) is 12.4 Å². The van der Waals surface area contributed by atoms with Gasteiger partial charge in [0.1, 0.15) is 6.61 Å². The van der Waals surface area contributed by atoms with Crippen LogP contribution in [-0.4, -0.2) is 38.3 Å². The largest absolute Gasteiger partial charge is 0.375 e. The molecule has 0 bridgehead atoms. The third-order valence-corrected chi connectivity index (χ3v) is 2.82. The highest BCUT2D eigenvalue weighted by Crippen LogP contribution is 2.15. The maximum Gasteiger partial charge on any atom is 0.246 e. The maximum absolute atomic E-state index is 11.3. The van der Waals surface area contributed by atoms with E-state index in [9.17, 15) is 4.79 Å². The van der Waals surface area contributed by atoms with Gasteiger partial charge >= 0.3 is 0 Å². The van der Waals surface area contributed by atoms with Gasteiger partial charge in [-0.05, 0) is 25.8 Å². The molecule has 4 nitrogen and oxygen atoms in total. The number of methoxy groups -OCH3 is 1. The van der Waals surface area contributed by atoms with E-state index in [0.29, 0.717) is 12.0 Å². The Balaban J connectivity index is 0.00000196. The van der Waals surface area contributed by atoms with Gasteiger partial charge in [0.05, 0.1) is 0 Å². The molecule has 1 amide bonds. The lowest BCUT2D eigenvalue weighted by atomic mass is 9.89. The van der Waals surface area contributed by atoms with Crippen molar-refractivity contribution >= 4 is 18.3 Å². The Labute approximate surface area is 97.5 Å². The van der Waals surface area contributed by atoms with Crippen LogP contribution in [0.5, 0.6) is 0 Å². The summed E-state index contributed by atoms with van der Waals surface area (Å²) < 4.78 is 4.78. The summed E-state index contributed by atoms with van der Waals surface area (Å²) in [5.41, 5.74) is 0. The summed E-state index contributed by atoms with van der Waals surface area (Å²) in [7, 11) is 1.53. The molecule has 5 heteroatoms. The van der Waals surface area contributed by atoms with E-state index >= 15 is 0 Å². The Morgan fingerprint density at radius 3 is 2.73 bits per heavy atom. The van der Waals surface area contributed by atoms with Gasteiger partial charge < -0.3 is 15.4 Å². The molecule has 3 atom stereocenters. The van der Waals surface area contributed by atoms with E-state index in [2.05, 4.69) is 24.5 Å². The van der Waals surface area contributed by atoms with Gasteiger partial charge in [0.15, 0.2) is 0 Å². The highest BCUT2D eigenvalue weighted by Gasteiger charge is 2.28. The molecule has 1 heterocycles. The standard InChI is InChI=1S/C10H20N2O2.ClH/c1-7-4-5-11-8(2)10(7)12-9(13)6-14-3;/h7-8,10-11H,4-6H2,1-3H3,(H,12,13);1H. The van der Waals surface area contributed by atoms with E-state index in [1.165, 1.54) is 7.11 Å². The number of amides is 1. The minimum Gasteiger partial charge on any atom is -0.375 e. The minimum atomic E-state index is -0.0279. The second kappa shape index (κ2) is 7.04. The summed E-state index contributed by atoms with van der Waals surface area (Å²) in [6, 6.07) is 0.575. The van der Waals surface area contributed by atoms with Crippen molar-refractivity contribution in [3.05, 3.63) is 0 Å². The Hall–Kier alpha value is -0.320. The van der Waals surface area contributed by atoms with Crippen molar-refractivity contribution in [1.82, 2.24) is 10.6 Å². The zero-order chi connectivity index (χ0) is 10.6. The molecule has 3 unspecified atom stereocenters. The van der Waals surface area contributed by atoms with Crippen LogP contribution in [0.15, 0.2) is 0 Å². The zero-order valence-corrected chi connectivity index (χ0v) is 10.4. The fourth-order valence-corrected chi connectivity index (χ4v) is 1.96. The van der Waals surface area contributed by atoms with Crippen molar-refractivity contribution in [3.8, 4) is 0 Å². The molecular weight excluding hydrogens is 216 g/mol. The molecule has 90 valence electrons. The van der Waals surface area contributed by atoms with E-state index in [1.807, 2.05) is 0 Å². The molecule has 15 heavy (non-hydrogen) atoms. The summed E-state index contributed by atoms with van der Waals surface area (Å²) in [6.45, 7) is 5.47. The van der Waals surface area contributed by atoms with Gasteiger partial charge in [0, 0.05) is 19.2 Å². The molecule has 0 saturated carbocycles. The van der Waals surface area contributed by atoms with E-state index in [0.717, 1.165) is 13.0 Å². The van der Waals surface area contributed by atoms with E-state index in [-0.39, 0.29) is 31.0 Å². The van der Waals surface area contributed by atoms with Crippen LogP contribution in [-0.2, 0) is 9.53 Å². The van der Waals surface area contributed by atoms with Gasteiger partial charge in [-0.2, -0.15) is 0 Å². The molecule has 1 aliphatic rings. The number of hydrogen-bond acceptors (Lipinski definition) is 3. The number of rotatable bonds is 3. The summed E-state index contributed by atoms with van der Waals surface area (Å²) in [5, 5.41) is 6.35. The van der Waals surface area contributed by atoms with Crippen LogP contribution in [0.3, 0.4) is 0 Å². The Morgan fingerprint density at radius 1 is 1.53 bits per heavy atom. The van der Waals surface area contributed by atoms with Gasteiger partial charge in [0.2, 0.25) is 5.91 Å². The maximum atomic E-state index is 11.3. The van der Waals surface area contributed by atoms with Crippen LogP contribution >= 0.6 is 12.4 Å². The molecule has 1 fully saturated rings. The molecule has 1 rings (SSSR count). The number of carbonyl (C=O) groups excluding carboxylic acids is 1. The minimum absolute atomic E-state index is 0. The SMILES string of the molecule is COCC(=O)NC1C(C)CCNC1C.Cl. The first-order chi connectivity index (χ1) is 6.65. The Kier molecular flexibility index (Phi) is 6.89. The van der Waals surface area contributed by atoms with E-state index in [1.54, 1.807) is 0 Å². The third kappa shape index (κ3) is 4.36. The average molecular weight is 237 g/mol. The monoisotopic (exact) mass is 236 g/mol. The number of piperidine rings is 1. The lowest BCUT2D eigenvalue weighted by molar-refractivity contribution is -0.126. The first-order valence-electron chi connectivity index (χ1n) is 5.17. The van der Waals surface area contributed by atoms with Gasteiger partial charge in [-0.25, -0.2) is 0 Å². The topological polar surface area (TPSA) is 50.4 Å². The van der Waals surface area contributed by atoms with Crippen molar-refractivity contribution in [2.45, 2.75) is 32.4 Å². The van der Waals surface area contributed by atoms with Crippen molar-refractivity contribution in [1.29, 1.82) is 0 Å². The number of ether oxygens (including phenoxy) is 1. The molecular formula is C10H21ClN2O2. The molecule has 2 N–H and O–H groups in total. The molecule has 1 saturated heterocycles. The van der Waals surface area contributed by atoms with Gasteiger partial charge in [-0.1, -0.05) is 6.92 Å². The summed E-state index contributed by atoms with van der Waals surface area (Å²) >= 11 is 0. The van der Waals surface area contributed by atoms with E-state index < -0.39 is 0 Å². The molecule has 0 aromatic rings. The fourth-order valence-electron chi connectivity index (χ4n) is 1.96. The number of nitrogens with one attached hydrogen (secondary N) is 2. The predicted molar refractivity (Wildman–Crippen MR) is 62.3 cm³/mol. The van der Waals surface area contributed by atoms with Crippen LogP contribution in [0.4, 0.5) is 0 Å². The van der Waals surface area contributed by atoms with Gasteiger partial charge in [0.25, 0.3) is 0 Å². The predicted octanol–water partition coefficient (Wildman–Crippen LogP) is 0.557. The summed E-state index contributed by atoms with van der Waals surface area (Å²) in [4.78, 5) is 11.3. The smallest absolute Gasteiger partial charge is 0.246 e. The highest BCUT2D eigenvalue weighted by atomic mass is 35.5.